The second-order valence-electron chi connectivity index (χ2n) is 7.87. The summed E-state index contributed by atoms with van der Waals surface area (Å²) in [5.41, 5.74) is 1.89. The zero-order valence-electron chi connectivity index (χ0n) is 16.7. The van der Waals surface area contributed by atoms with Gasteiger partial charge in [-0.15, -0.1) is 0 Å². The summed E-state index contributed by atoms with van der Waals surface area (Å²) < 4.78 is 13.0. The first-order valence-electron chi connectivity index (χ1n) is 10.2. The number of nitrogens with zero attached hydrogens (tertiary/aromatic N) is 2. The van der Waals surface area contributed by atoms with Crippen LogP contribution in [0.3, 0.4) is 0 Å². The first-order chi connectivity index (χ1) is 13.9. The number of Topliss-reactive ketones (excluding diaryl/α,β-unsaturated/α-hetero) is 1. The van der Waals surface area contributed by atoms with Gasteiger partial charge in [-0.05, 0) is 81.4 Å². The molecule has 29 heavy (non-hydrogen) atoms. The van der Waals surface area contributed by atoms with E-state index in [1.807, 2.05) is 12.1 Å². The average molecular weight is 398 g/mol. The van der Waals surface area contributed by atoms with E-state index in [0.29, 0.717) is 23.9 Å². The van der Waals surface area contributed by atoms with Gasteiger partial charge in [-0.1, -0.05) is 12.1 Å². The number of nitro groups is 1. The zero-order chi connectivity index (χ0) is 20.8. The predicted octanol–water partition coefficient (Wildman–Crippen LogP) is 5.36. The average Bonchev–Trinajstić information content (AvgIpc) is 2.74. The molecule has 0 aromatic heterocycles. The molecule has 0 aliphatic heterocycles. The molecule has 0 saturated heterocycles. The van der Waals surface area contributed by atoms with Crippen molar-refractivity contribution in [3.8, 4) is 0 Å². The van der Waals surface area contributed by atoms with Crippen molar-refractivity contribution in [3.05, 3.63) is 75.6 Å². The van der Waals surface area contributed by atoms with Gasteiger partial charge in [0.15, 0.2) is 5.78 Å². The monoisotopic (exact) mass is 398 g/mol. The summed E-state index contributed by atoms with van der Waals surface area (Å²) in [7, 11) is 2.11. The summed E-state index contributed by atoms with van der Waals surface area (Å²) in [6, 6.07) is 13.2. The molecule has 6 heteroatoms. The fourth-order valence-corrected chi connectivity index (χ4v) is 4.17. The molecule has 0 atom stereocenters. The van der Waals surface area contributed by atoms with Gasteiger partial charge >= 0.3 is 0 Å². The van der Waals surface area contributed by atoms with Crippen molar-refractivity contribution in [1.82, 2.24) is 4.90 Å². The molecule has 2 aromatic rings. The summed E-state index contributed by atoms with van der Waals surface area (Å²) in [6.45, 7) is 0.861. The van der Waals surface area contributed by atoms with Crippen LogP contribution >= 0.6 is 0 Å². The van der Waals surface area contributed by atoms with E-state index in [4.69, 9.17) is 0 Å². The maximum atomic E-state index is 13.0. The molecule has 1 fully saturated rings. The molecule has 1 saturated carbocycles. The highest BCUT2D eigenvalue weighted by Gasteiger charge is 2.25. The number of hydrogen-bond donors (Lipinski definition) is 0. The number of hydrogen-bond acceptors (Lipinski definition) is 4. The Kier molecular flexibility index (Phi) is 7.09. The lowest BCUT2D eigenvalue weighted by Gasteiger charge is -2.35. The molecule has 2 aromatic carbocycles. The van der Waals surface area contributed by atoms with Gasteiger partial charge in [0.2, 0.25) is 0 Å². The quantitative estimate of drug-likeness (QED) is 0.341. The first kappa shape index (κ1) is 21.1. The third-order valence-electron chi connectivity index (χ3n) is 5.98. The molecule has 154 valence electrons. The standard InChI is InChI=1S/C23H27FN2O3/c1-25(16-2-3-23(27)19-4-10-20(24)11-5-19)21-12-6-17(7-13-21)18-8-14-22(15-9-18)26(28)29/h4-5,8-11,14-15,17,21H,2-3,6-7,12-13,16H2,1H3. The second-order valence-corrected chi connectivity index (χ2v) is 7.87. The van der Waals surface area contributed by atoms with Crippen LogP contribution in [0.2, 0.25) is 0 Å². The van der Waals surface area contributed by atoms with Gasteiger partial charge in [-0.3, -0.25) is 14.9 Å². The number of nitro benzene ring substituents is 1. The van der Waals surface area contributed by atoms with Crippen molar-refractivity contribution in [2.45, 2.75) is 50.5 Å². The van der Waals surface area contributed by atoms with Crippen LogP contribution in [-0.4, -0.2) is 35.2 Å². The highest BCUT2D eigenvalue weighted by atomic mass is 19.1. The fourth-order valence-electron chi connectivity index (χ4n) is 4.17. The number of carbonyl (C=O) groups excluding carboxylic acids is 1. The van der Waals surface area contributed by atoms with Crippen LogP contribution in [0, 0.1) is 15.9 Å². The molecule has 5 nitrogen and oxygen atoms in total. The van der Waals surface area contributed by atoms with Crippen molar-refractivity contribution in [2.75, 3.05) is 13.6 Å². The number of benzene rings is 2. The number of carbonyl (C=O) groups is 1. The van der Waals surface area contributed by atoms with Crippen LogP contribution in [0.1, 0.15) is 60.4 Å². The maximum absolute atomic E-state index is 13.0. The Labute approximate surface area is 170 Å². The van der Waals surface area contributed by atoms with Gasteiger partial charge in [0.05, 0.1) is 4.92 Å². The third kappa shape index (κ3) is 5.70. The molecule has 3 rings (SSSR count). The Morgan fingerprint density at radius 1 is 1.07 bits per heavy atom. The van der Waals surface area contributed by atoms with Crippen LogP contribution in [0.5, 0.6) is 0 Å². The van der Waals surface area contributed by atoms with Crippen molar-refractivity contribution >= 4 is 11.5 Å². The van der Waals surface area contributed by atoms with E-state index in [0.717, 1.165) is 38.6 Å². The summed E-state index contributed by atoms with van der Waals surface area (Å²) in [4.78, 5) is 25.0. The van der Waals surface area contributed by atoms with Gasteiger partial charge in [0.1, 0.15) is 5.82 Å². The van der Waals surface area contributed by atoms with Crippen LogP contribution in [0.15, 0.2) is 48.5 Å². The number of non-ortho nitro benzene ring substituents is 1. The topological polar surface area (TPSA) is 63.5 Å². The molecule has 1 aliphatic rings. The van der Waals surface area contributed by atoms with Crippen LogP contribution < -0.4 is 0 Å². The van der Waals surface area contributed by atoms with Gasteiger partial charge in [0.25, 0.3) is 5.69 Å². The van der Waals surface area contributed by atoms with Crippen molar-refractivity contribution in [2.24, 2.45) is 0 Å². The summed E-state index contributed by atoms with van der Waals surface area (Å²) in [6.07, 6.45) is 5.57. The van der Waals surface area contributed by atoms with E-state index in [1.54, 1.807) is 24.3 Å². The molecular weight excluding hydrogens is 371 g/mol. The van der Waals surface area contributed by atoms with Crippen LogP contribution in [0.4, 0.5) is 10.1 Å². The molecule has 0 unspecified atom stereocenters. The Balaban J connectivity index is 1.41. The largest absolute Gasteiger partial charge is 0.303 e. The predicted molar refractivity (Wildman–Crippen MR) is 111 cm³/mol. The minimum atomic E-state index is -0.365. The number of ketones is 1. The number of rotatable bonds is 8. The molecule has 0 bridgehead atoms. The first-order valence-corrected chi connectivity index (χ1v) is 10.2. The van der Waals surface area contributed by atoms with E-state index < -0.39 is 0 Å². The smallest absolute Gasteiger partial charge is 0.269 e. The van der Waals surface area contributed by atoms with Gasteiger partial charge < -0.3 is 4.90 Å². The van der Waals surface area contributed by atoms with E-state index in [2.05, 4.69) is 11.9 Å². The summed E-state index contributed by atoms with van der Waals surface area (Å²) in [5, 5.41) is 10.8. The molecule has 0 N–H and O–H groups in total. The Morgan fingerprint density at radius 3 is 2.28 bits per heavy atom. The molecule has 0 radical (unpaired) electrons. The summed E-state index contributed by atoms with van der Waals surface area (Å²) in [5.74, 6) is 0.186. The van der Waals surface area contributed by atoms with E-state index in [-0.39, 0.29) is 22.2 Å². The van der Waals surface area contributed by atoms with Gasteiger partial charge in [-0.25, -0.2) is 4.39 Å². The highest BCUT2D eigenvalue weighted by Crippen LogP contribution is 2.35. The molecule has 1 aliphatic carbocycles. The van der Waals surface area contributed by atoms with E-state index in [1.165, 1.54) is 17.7 Å². The lowest BCUT2D eigenvalue weighted by Crippen LogP contribution is -2.35. The minimum Gasteiger partial charge on any atom is -0.303 e. The lowest BCUT2D eigenvalue weighted by atomic mass is 9.81. The Hall–Kier alpha value is -2.60. The second kappa shape index (κ2) is 9.74. The normalized spacial score (nSPS) is 19.3. The van der Waals surface area contributed by atoms with Crippen LogP contribution in [-0.2, 0) is 0 Å². The Bertz CT molecular complexity index is 828. The molecular formula is C23H27FN2O3. The SMILES string of the molecule is CN(CCCC(=O)c1ccc(F)cc1)C1CCC(c2ccc([N+](=O)[O-])cc2)CC1. The summed E-state index contributed by atoms with van der Waals surface area (Å²) >= 11 is 0. The fraction of sp³-hybridized carbons (Fsp3) is 0.435. The van der Waals surface area contributed by atoms with Gasteiger partial charge in [0, 0.05) is 30.2 Å². The molecule has 0 spiro atoms. The van der Waals surface area contributed by atoms with Crippen molar-refractivity contribution in [1.29, 1.82) is 0 Å². The molecule has 0 amide bonds. The van der Waals surface area contributed by atoms with Crippen molar-refractivity contribution in [3.63, 3.8) is 0 Å². The Morgan fingerprint density at radius 2 is 1.69 bits per heavy atom. The highest BCUT2D eigenvalue weighted by molar-refractivity contribution is 5.95. The number of halogens is 1. The lowest BCUT2D eigenvalue weighted by molar-refractivity contribution is -0.384. The van der Waals surface area contributed by atoms with Crippen LogP contribution in [0.25, 0.3) is 0 Å². The van der Waals surface area contributed by atoms with Gasteiger partial charge in [-0.2, -0.15) is 0 Å². The van der Waals surface area contributed by atoms with Crippen molar-refractivity contribution < 1.29 is 14.1 Å². The minimum absolute atomic E-state index is 0.0558. The van der Waals surface area contributed by atoms with E-state index in [9.17, 15) is 19.3 Å². The van der Waals surface area contributed by atoms with E-state index >= 15 is 0 Å². The zero-order valence-corrected chi connectivity index (χ0v) is 16.7. The third-order valence-corrected chi connectivity index (χ3v) is 5.98. The molecule has 0 heterocycles. The maximum Gasteiger partial charge on any atom is 0.269 e.